The largest absolute Gasteiger partial charge is 0.311 e. The minimum absolute atomic E-state index is 1.09. The number of fused-ring (bicyclic) bond motifs is 1. The molecule has 0 unspecified atom stereocenters. The van der Waals surface area contributed by atoms with Crippen molar-refractivity contribution in [2.75, 3.05) is 9.80 Å². The molecule has 0 spiro atoms. The van der Waals surface area contributed by atoms with Crippen LogP contribution in [0.1, 0.15) is 18.4 Å². The summed E-state index contributed by atoms with van der Waals surface area (Å²) in [5.74, 6) is 0. The molecule has 1 aliphatic rings. The highest BCUT2D eigenvalue weighted by Crippen LogP contribution is 2.41. The smallest absolute Gasteiger partial charge is 0.0540 e. The molecule has 0 radical (unpaired) electrons. The SMILES string of the molecule is C1=CC(c2ccc(N(c3ccc(-c4ccccc4)cc3)c3ccc(-c4ccc(-c5ccc(N(c6ccccc6)c6cccc7ccccc67)cc5)cc4)cc3)cc2)=CCC1. The Balaban J connectivity index is 0.917. The highest BCUT2D eigenvalue weighted by atomic mass is 15.1. The summed E-state index contributed by atoms with van der Waals surface area (Å²) in [5.41, 5.74) is 16.5. The van der Waals surface area contributed by atoms with Crippen LogP contribution in [-0.4, -0.2) is 0 Å². The van der Waals surface area contributed by atoms with E-state index in [0.29, 0.717) is 0 Å². The van der Waals surface area contributed by atoms with Gasteiger partial charge in [0, 0.05) is 33.8 Å². The fraction of sp³-hybridized carbons (Fsp3) is 0.0345. The fourth-order valence-electron chi connectivity index (χ4n) is 8.38. The van der Waals surface area contributed by atoms with Crippen LogP contribution in [0.5, 0.6) is 0 Å². The van der Waals surface area contributed by atoms with Crippen molar-refractivity contribution in [1.29, 1.82) is 0 Å². The minimum atomic E-state index is 1.09. The molecule has 0 atom stereocenters. The second-order valence-electron chi connectivity index (χ2n) is 15.3. The third-order valence-electron chi connectivity index (χ3n) is 11.5. The van der Waals surface area contributed by atoms with Gasteiger partial charge in [-0.2, -0.15) is 0 Å². The van der Waals surface area contributed by atoms with E-state index in [1.165, 1.54) is 55.3 Å². The molecule has 60 heavy (non-hydrogen) atoms. The first-order valence-electron chi connectivity index (χ1n) is 20.8. The molecule has 2 nitrogen and oxygen atoms in total. The normalized spacial score (nSPS) is 12.2. The van der Waals surface area contributed by atoms with Crippen molar-refractivity contribution < 1.29 is 0 Å². The number of hydrogen-bond donors (Lipinski definition) is 0. The first-order chi connectivity index (χ1) is 29.7. The van der Waals surface area contributed by atoms with E-state index in [1.807, 2.05) is 0 Å². The van der Waals surface area contributed by atoms with Gasteiger partial charge in [0.1, 0.15) is 0 Å². The van der Waals surface area contributed by atoms with Gasteiger partial charge in [-0.1, -0.05) is 176 Å². The molecule has 2 heteroatoms. The van der Waals surface area contributed by atoms with Gasteiger partial charge >= 0.3 is 0 Å². The second kappa shape index (κ2) is 16.7. The van der Waals surface area contributed by atoms with Gasteiger partial charge < -0.3 is 9.80 Å². The maximum absolute atomic E-state index is 2.35. The highest BCUT2D eigenvalue weighted by Gasteiger charge is 2.17. The van der Waals surface area contributed by atoms with E-state index >= 15 is 0 Å². The predicted molar refractivity (Wildman–Crippen MR) is 256 cm³/mol. The third kappa shape index (κ3) is 7.55. The van der Waals surface area contributed by atoms with Crippen LogP contribution in [0.25, 0.3) is 49.7 Å². The summed E-state index contributed by atoms with van der Waals surface area (Å²) in [7, 11) is 0. The number of hydrogen-bond acceptors (Lipinski definition) is 2. The summed E-state index contributed by atoms with van der Waals surface area (Å²) < 4.78 is 0. The molecule has 286 valence electrons. The zero-order valence-electron chi connectivity index (χ0n) is 33.4. The van der Waals surface area contributed by atoms with Gasteiger partial charge in [0.15, 0.2) is 0 Å². The van der Waals surface area contributed by atoms with Gasteiger partial charge in [0.05, 0.1) is 5.69 Å². The average molecular weight is 769 g/mol. The van der Waals surface area contributed by atoms with Crippen molar-refractivity contribution in [3.05, 3.63) is 248 Å². The maximum Gasteiger partial charge on any atom is 0.0540 e. The Morgan fingerprint density at radius 2 is 0.683 bits per heavy atom. The van der Waals surface area contributed by atoms with Crippen molar-refractivity contribution in [3.63, 3.8) is 0 Å². The third-order valence-corrected chi connectivity index (χ3v) is 11.5. The molecule has 0 aliphatic heterocycles. The Bertz CT molecular complexity index is 2910. The van der Waals surface area contributed by atoms with E-state index in [2.05, 4.69) is 252 Å². The van der Waals surface area contributed by atoms with Crippen LogP contribution in [0.4, 0.5) is 34.1 Å². The number of nitrogens with zero attached hydrogens (tertiary/aromatic N) is 2. The Morgan fingerprint density at radius 1 is 0.283 bits per heavy atom. The monoisotopic (exact) mass is 768 g/mol. The standard InChI is InChI=1S/C58H44N2/c1-4-13-43(14-5-1)47-27-35-53(36-28-47)59(54-37-29-48(30-38-54)44-15-6-2-7-16-44)55-39-31-49(32-40-55)45-23-25-46(26-24-45)50-33-41-56(42-34-50)60(52-19-8-3-9-20-52)58-22-12-18-51-17-10-11-21-57(51)58/h1,3-6,8-42H,2,7H2. The molecule has 9 aromatic carbocycles. The van der Waals surface area contributed by atoms with Crippen molar-refractivity contribution >= 4 is 50.5 Å². The molecule has 0 fully saturated rings. The zero-order chi connectivity index (χ0) is 40.1. The lowest BCUT2D eigenvalue weighted by molar-refractivity contribution is 1.04. The van der Waals surface area contributed by atoms with E-state index in [9.17, 15) is 0 Å². The average Bonchev–Trinajstić information content (AvgIpc) is 3.34. The zero-order valence-corrected chi connectivity index (χ0v) is 33.4. The number of benzene rings is 9. The Kier molecular flexibility index (Phi) is 10.2. The summed E-state index contributed by atoms with van der Waals surface area (Å²) in [5, 5.41) is 2.45. The first kappa shape index (κ1) is 36.6. The van der Waals surface area contributed by atoms with Crippen molar-refractivity contribution in [2.45, 2.75) is 12.8 Å². The van der Waals surface area contributed by atoms with E-state index in [0.717, 1.165) is 47.0 Å². The lowest BCUT2D eigenvalue weighted by Gasteiger charge is -2.27. The van der Waals surface area contributed by atoms with Crippen molar-refractivity contribution in [2.24, 2.45) is 0 Å². The van der Waals surface area contributed by atoms with Crippen molar-refractivity contribution in [3.8, 4) is 33.4 Å². The fourth-order valence-corrected chi connectivity index (χ4v) is 8.38. The molecule has 0 heterocycles. The molecule has 0 bridgehead atoms. The maximum atomic E-state index is 2.35. The number of rotatable bonds is 10. The van der Waals surface area contributed by atoms with Crippen LogP contribution in [0, 0.1) is 0 Å². The molecular weight excluding hydrogens is 725 g/mol. The molecule has 1 aliphatic carbocycles. The molecule has 0 saturated heterocycles. The Morgan fingerprint density at radius 3 is 1.20 bits per heavy atom. The van der Waals surface area contributed by atoms with Crippen LogP contribution in [0.2, 0.25) is 0 Å². The van der Waals surface area contributed by atoms with E-state index in [1.54, 1.807) is 0 Å². The lowest BCUT2D eigenvalue weighted by atomic mass is 9.98. The Hall–Kier alpha value is -7.68. The second-order valence-corrected chi connectivity index (χ2v) is 15.3. The predicted octanol–water partition coefficient (Wildman–Crippen LogP) is 16.5. The highest BCUT2D eigenvalue weighted by molar-refractivity contribution is 5.99. The molecule has 0 saturated carbocycles. The minimum Gasteiger partial charge on any atom is -0.311 e. The quantitative estimate of drug-likeness (QED) is 0.137. The van der Waals surface area contributed by atoms with Crippen LogP contribution in [0.15, 0.2) is 243 Å². The van der Waals surface area contributed by atoms with Crippen LogP contribution in [0.3, 0.4) is 0 Å². The van der Waals surface area contributed by atoms with Gasteiger partial charge in [-0.15, -0.1) is 0 Å². The van der Waals surface area contributed by atoms with Gasteiger partial charge in [-0.25, -0.2) is 0 Å². The van der Waals surface area contributed by atoms with Gasteiger partial charge in [0.2, 0.25) is 0 Å². The number of allylic oxidation sites excluding steroid dienone is 4. The topological polar surface area (TPSA) is 6.48 Å². The molecule has 9 aromatic rings. The molecular formula is C58H44N2. The van der Waals surface area contributed by atoms with Gasteiger partial charge in [-0.05, 0) is 129 Å². The summed E-state index contributed by atoms with van der Waals surface area (Å²) in [6, 6.07) is 81.0. The van der Waals surface area contributed by atoms with E-state index in [4.69, 9.17) is 0 Å². The van der Waals surface area contributed by atoms with Crippen molar-refractivity contribution in [1.82, 2.24) is 0 Å². The van der Waals surface area contributed by atoms with Gasteiger partial charge in [-0.3, -0.25) is 0 Å². The van der Waals surface area contributed by atoms with E-state index in [-0.39, 0.29) is 0 Å². The number of anilines is 6. The molecule has 0 amide bonds. The molecule has 0 aromatic heterocycles. The lowest BCUT2D eigenvalue weighted by Crippen LogP contribution is -2.10. The number of para-hydroxylation sites is 1. The summed E-state index contributed by atoms with van der Waals surface area (Å²) >= 11 is 0. The molecule has 0 N–H and O–H groups in total. The first-order valence-corrected chi connectivity index (χ1v) is 20.8. The Labute approximate surface area is 353 Å². The summed E-state index contributed by atoms with van der Waals surface area (Å²) in [6.07, 6.45) is 9.06. The van der Waals surface area contributed by atoms with Crippen LogP contribution < -0.4 is 9.80 Å². The van der Waals surface area contributed by atoms with E-state index < -0.39 is 0 Å². The summed E-state index contributed by atoms with van der Waals surface area (Å²) in [6.45, 7) is 0. The van der Waals surface area contributed by atoms with Crippen LogP contribution in [-0.2, 0) is 0 Å². The summed E-state index contributed by atoms with van der Waals surface area (Å²) in [4.78, 5) is 4.70. The molecule has 10 rings (SSSR count). The van der Waals surface area contributed by atoms with Crippen LogP contribution >= 0.6 is 0 Å². The van der Waals surface area contributed by atoms with Gasteiger partial charge in [0.25, 0.3) is 0 Å².